The molecule has 0 aliphatic heterocycles. The molecule has 0 heterocycles. The van der Waals surface area contributed by atoms with Crippen LogP contribution in [0.15, 0.2) is 0 Å². The molecule has 9 nitrogen and oxygen atoms in total. The Morgan fingerprint density at radius 2 is 0.557 bits per heavy atom. The topological polar surface area (TPSA) is 148 Å². The second kappa shape index (κ2) is 44.8. The number of unbranched alkanes of at least 4 members (excludes halogenated alkanes) is 12. The van der Waals surface area contributed by atoms with E-state index >= 15 is 0 Å². The zero-order valence-corrected chi connectivity index (χ0v) is 46.1. The normalized spacial score (nSPS) is 17.4. The molecule has 1 radical (unpaired) electrons. The Hall–Kier alpha value is 0.982. The molecule has 0 spiro atoms. The number of hydrogen-bond acceptors (Lipinski definition) is 9. The Balaban J connectivity index is -0.000000396. The third-order valence-corrected chi connectivity index (χ3v) is 16.4. The van der Waals surface area contributed by atoms with Gasteiger partial charge in [0.15, 0.2) is 0 Å². The van der Waals surface area contributed by atoms with Crippen molar-refractivity contribution < 1.29 is 59.3 Å². The summed E-state index contributed by atoms with van der Waals surface area (Å²) in [6.07, 6.45) is 29.0. The molecule has 9 unspecified atom stereocenters. The van der Waals surface area contributed by atoms with Crippen molar-refractivity contribution in [1.29, 1.82) is 0 Å². The summed E-state index contributed by atoms with van der Waals surface area (Å²) < 4.78 is 52.2. The van der Waals surface area contributed by atoms with E-state index in [1.165, 1.54) is 57.8 Å². The van der Waals surface area contributed by atoms with Gasteiger partial charge in [0.05, 0.1) is 18.3 Å². The van der Waals surface area contributed by atoms with Gasteiger partial charge in [-0.05, 0) is 77.0 Å². The molecule has 0 aliphatic rings. The van der Waals surface area contributed by atoms with E-state index < -0.39 is 22.8 Å². The van der Waals surface area contributed by atoms with Gasteiger partial charge in [-0.15, -0.1) is 0 Å². The average Bonchev–Trinajstić information content (AvgIpc) is 3.18. The first-order chi connectivity index (χ1) is 28.3. The number of hydrogen-bond donors (Lipinski definition) is 0. The minimum Gasteiger partial charge on any atom is -0.778 e. The standard InChI is InChI=1S/3C16H35O3P.Cr/c3*1-5-8-10-11-12-15(4)19-20(17,18)14-16(7-3)13-9-6-2;/h3*15-16H,5-14H2,1-4H3,(H,17,18);/q;;;+3/p-3. The van der Waals surface area contributed by atoms with Gasteiger partial charge in [-0.1, -0.05) is 197 Å². The molecule has 0 N–H and O–H groups in total. The largest absolute Gasteiger partial charge is 3.00 e. The van der Waals surface area contributed by atoms with Gasteiger partial charge < -0.3 is 41.9 Å². The maximum atomic E-state index is 12.1. The molecule has 9 atom stereocenters. The summed E-state index contributed by atoms with van der Waals surface area (Å²) in [6, 6.07) is 0. The zero-order chi connectivity index (χ0) is 46.3. The van der Waals surface area contributed by atoms with Gasteiger partial charge >= 0.3 is 17.4 Å². The van der Waals surface area contributed by atoms with Crippen molar-refractivity contribution in [3.05, 3.63) is 0 Å². The van der Waals surface area contributed by atoms with Crippen LogP contribution < -0.4 is 14.7 Å². The first kappa shape index (κ1) is 68.6. The third kappa shape index (κ3) is 47.3. The van der Waals surface area contributed by atoms with Gasteiger partial charge in [0.25, 0.3) is 0 Å². The van der Waals surface area contributed by atoms with E-state index in [0.29, 0.717) is 0 Å². The van der Waals surface area contributed by atoms with Crippen LogP contribution in [0.4, 0.5) is 0 Å². The van der Waals surface area contributed by atoms with Crippen LogP contribution in [-0.4, -0.2) is 36.8 Å². The molecular formula is C48H102CrO9P3. The van der Waals surface area contributed by atoms with E-state index in [0.717, 1.165) is 116 Å². The smallest absolute Gasteiger partial charge is 0.778 e. The van der Waals surface area contributed by atoms with E-state index in [1.54, 1.807) is 0 Å². The summed E-state index contributed by atoms with van der Waals surface area (Å²) in [5, 5.41) is 0. The Morgan fingerprint density at radius 1 is 0.344 bits per heavy atom. The van der Waals surface area contributed by atoms with Crippen molar-refractivity contribution in [3.8, 4) is 0 Å². The summed E-state index contributed by atoms with van der Waals surface area (Å²) in [7, 11) is -11.0. The zero-order valence-electron chi connectivity index (χ0n) is 42.1. The average molecular weight is 968 g/mol. The van der Waals surface area contributed by atoms with Crippen LogP contribution in [0.5, 0.6) is 0 Å². The first-order valence-corrected chi connectivity index (χ1v) is 30.5. The van der Waals surface area contributed by atoms with Gasteiger partial charge in [-0.25, -0.2) is 0 Å². The molecular weight excluding hydrogens is 865 g/mol. The van der Waals surface area contributed by atoms with Crippen LogP contribution >= 0.6 is 22.8 Å². The van der Waals surface area contributed by atoms with Crippen molar-refractivity contribution in [3.63, 3.8) is 0 Å². The molecule has 0 bridgehead atoms. The van der Waals surface area contributed by atoms with Crippen molar-refractivity contribution in [2.45, 2.75) is 275 Å². The fourth-order valence-electron chi connectivity index (χ4n) is 7.39. The minimum atomic E-state index is -3.67. The third-order valence-electron chi connectivity index (χ3n) is 11.5. The van der Waals surface area contributed by atoms with Gasteiger partial charge in [0, 0.05) is 18.5 Å². The Kier molecular flexibility index (Phi) is 50.4. The summed E-state index contributed by atoms with van der Waals surface area (Å²) in [6.45, 7) is 24.8. The first-order valence-electron chi connectivity index (χ1n) is 25.3. The van der Waals surface area contributed by atoms with E-state index in [2.05, 4.69) is 62.3 Å². The van der Waals surface area contributed by atoms with Crippen molar-refractivity contribution in [1.82, 2.24) is 0 Å². The van der Waals surface area contributed by atoms with Crippen LogP contribution in [0.3, 0.4) is 0 Å². The maximum absolute atomic E-state index is 12.1. The molecule has 0 fully saturated rings. The Morgan fingerprint density at radius 3 is 0.738 bits per heavy atom. The van der Waals surface area contributed by atoms with Gasteiger partial charge in [0.2, 0.25) is 0 Å². The molecule has 0 aliphatic carbocycles. The van der Waals surface area contributed by atoms with Crippen LogP contribution in [0.1, 0.15) is 256 Å². The fourth-order valence-corrected chi connectivity index (χ4v) is 12.8. The van der Waals surface area contributed by atoms with E-state index in [-0.39, 0.29) is 71.9 Å². The quantitative estimate of drug-likeness (QED) is 0.0433. The van der Waals surface area contributed by atoms with Gasteiger partial charge in [-0.2, -0.15) is 0 Å². The minimum absolute atomic E-state index is 0. The molecule has 13 heteroatoms. The van der Waals surface area contributed by atoms with Crippen LogP contribution in [0.25, 0.3) is 0 Å². The van der Waals surface area contributed by atoms with Crippen LogP contribution in [0, 0.1) is 17.8 Å². The van der Waals surface area contributed by atoms with Gasteiger partial charge in [-0.3, -0.25) is 0 Å². The molecule has 61 heavy (non-hydrogen) atoms. The predicted octanol–water partition coefficient (Wildman–Crippen LogP) is 15.4. The summed E-state index contributed by atoms with van der Waals surface area (Å²) in [5.41, 5.74) is 0. The predicted molar refractivity (Wildman–Crippen MR) is 255 cm³/mol. The van der Waals surface area contributed by atoms with E-state index in [1.807, 2.05) is 20.8 Å². The monoisotopic (exact) mass is 968 g/mol. The van der Waals surface area contributed by atoms with E-state index in [4.69, 9.17) is 13.6 Å². The maximum Gasteiger partial charge on any atom is 3.00 e. The molecule has 0 saturated carbocycles. The van der Waals surface area contributed by atoms with Crippen LogP contribution in [-0.2, 0) is 44.6 Å². The summed E-state index contributed by atoms with van der Waals surface area (Å²) in [4.78, 5) is 36.2. The Bertz CT molecular complexity index is 941. The second-order valence-electron chi connectivity index (χ2n) is 17.9. The van der Waals surface area contributed by atoms with Crippen molar-refractivity contribution in [2.24, 2.45) is 17.8 Å². The van der Waals surface area contributed by atoms with Crippen LogP contribution in [0.2, 0.25) is 0 Å². The SMILES string of the molecule is CCCCCCC(C)OP(=O)([O-])CC(CC)CCCC.CCCCCCC(C)OP(=O)([O-])CC(CC)CCCC.CCCCCCC(C)OP(=O)([O-])CC(CC)CCCC.[Cr+3]. The molecule has 0 rings (SSSR count). The number of rotatable bonds is 39. The summed E-state index contributed by atoms with van der Waals surface area (Å²) >= 11 is 0. The van der Waals surface area contributed by atoms with E-state index in [9.17, 15) is 28.4 Å². The summed E-state index contributed by atoms with van der Waals surface area (Å²) in [5.74, 6) is 0.765. The van der Waals surface area contributed by atoms with Crippen molar-refractivity contribution in [2.75, 3.05) is 18.5 Å². The van der Waals surface area contributed by atoms with Crippen molar-refractivity contribution >= 4 is 22.8 Å². The molecule has 0 amide bonds. The second-order valence-corrected chi connectivity index (χ2v) is 23.3. The molecule has 0 saturated heterocycles. The molecule has 0 aromatic carbocycles. The molecule has 0 aromatic heterocycles. The molecule has 0 aromatic rings. The molecule has 369 valence electrons. The van der Waals surface area contributed by atoms with Gasteiger partial charge in [0.1, 0.15) is 22.8 Å². The fraction of sp³-hybridized carbons (Fsp3) is 1.00. The Labute approximate surface area is 391 Å².